The van der Waals surface area contributed by atoms with E-state index < -0.39 is 35.2 Å². The number of ether oxygens (including phenoxy) is 2. The van der Waals surface area contributed by atoms with Crippen LogP contribution in [-0.2, 0) is 22.8 Å². The van der Waals surface area contributed by atoms with Gasteiger partial charge in [-0.3, -0.25) is 9.36 Å². The molecule has 0 N–H and O–H groups in total. The lowest BCUT2D eigenvalue weighted by Crippen LogP contribution is -2.40. The summed E-state index contributed by atoms with van der Waals surface area (Å²) in [4.78, 5) is 37.0. The van der Waals surface area contributed by atoms with Gasteiger partial charge in [-0.05, 0) is 61.3 Å². The van der Waals surface area contributed by atoms with E-state index in [1.165, 1.54) is 30.8 Å². The Bertz CT molecular complexity index is 1600. The number of rotatable bonds is 5. The number of halogens is 3. The quantitative estimate of drug-likeness (QED) is 0.369. The van der Waals surface area contributed by atoms with Crippen LogP contribution in [-0.4, -0.2) is 32.7 Å². The van der Waals surface area contributed by atoms with Gasteiger partial charge in [0.2, 0.25) is 0 Å². The summed E-state index contributed by atoms with van der Waals surface area (Å²) >= 11 is 1.18. The first-order valence-corrected chi connectivity index (χ1v) is 11.3. The summed E-state index contributed by atoms with van der Waals surface area (Å²) in [6.45, 7) is 3.41. The Morgan fingerprint density at radius 1 is 1.11 bits per heavy atom. The normalized spacial score (nSPS) is 12.5. The van der Waals surface area contributed by atoms with Gasteiger partial charge >= 0.3 is 17.8 Å². The second kappa shape index (κ2) is 9.26. The van der Waals surface area contributed by atoms with Gasteiger partial charge in [0.05, 0.1) is 23.2 Å². The number of benzene rings is 2. The van der Waals surface area contributed by atoms with E-state index >= 15 is 0 Å². The maximum Gasteiger partial charge on any atom is 0.431 e. The number of esters is 1. The van der Waals surface area contributed by atoms with Crippen LogP contribution in [0, 0.1) is 6.92 Å². The zero-order chi connectivity index (χ0) is 26.4. The van der Waals surface area contributed by atoms with Crippen molar-refractivity contribution in [3.8, 4) is 22.7 Å². The molecule has 0 aliphatic heterocycles. The van der Waals surface area contributed by atoms with Crippen LogP contribution in [0.4, 0.5) is 13.2 Å². The standard InChI is InChI=1S/C24H20F3N3O5S/c1-12-5-7-15(35-13(2)22(32)34-4)10-16(12)21-17-9-14(6-8-18(17)36-28-21)30-20(31)11-19(24(25,26)27)29(3)23(30)33/h5-11,13H,1-4H3. The van der Waals surface area contributed by atoms with Crippen LogP contribution >= 0.6 is 11.5 Å². The molecule has 8 nitrogen and oxygen atoms in total. The van der Waals surface area contributed by atoms with Gasteiger partial charge in [-0.2, -0.15) is 17.5 Å². The molecule has 2 aromatic carbocycles. The number of carbonyl (C=O) groups is 1. The van der Waals surface area contributed by atoms with Crippen molar-refractivity contribution in [1.82, 2.24) is 13.5 Å². The third-order valence-corrected chi connectivity index (χ3v) is 6.46. The van der Waals surface area contributed by atoms with Gasteiger partial charge in [0.1, 0.15) is 11.4 Å². The predicted molar refractivity (Wildman–Crippen MR) is 128 cm³/mol. The molecule has 188 valence electrons. The van der Waals surface area contributed by atoms with Gasteiger partial charge in [-0.25, -0.2) is 14.2 Å². The first-order valence-electron chi connectivity index (χ1n) is 10.6. The molecule has 12 heteroatoms. The number of aromatic nitrogens is 3. The van der Waals surface area contributed by atoms with Crippen molar-refractivity contribution in [3.05, 3.63) is 74.6 Å². The molecule has 0 aliphatic rings. The summed E-state index contributed by atoms with van der Waals surface area (Å²) in [5.41, 5.74) is -1.40. The topological polar surface area (TPSA) is 92.4 Å². The molecular formula is C24H20F3N3O5S. The van der Waals surface area contributed by atoms with Crippen molar-refractivity contribution < 1.29 is 27.4 Å². The van der Waals surface area contributed by atoms with Gasteiger partial charge in [0.25, 0.3) is 5.56 Å². The average molecular weight is 520 g/mol. The van der Waals surface area contributed by atoms with Crippen LogP contribution in [0.15, 0.2) is 52.1 Å². The van der Waals surface area contributed by atoms with E-state index in [0.717, 1.165) is 17.3 Å². The molecule has 1 atom stereocenters. The van der Waals surface area contributed by atoms with Gasteiger partial charge in [0.15, 0.2) is 6.10 Å². The van der Waals surface area contributed by atoms with E-state index in [9.17, 15) is 27.6 Å². The van der Waals surface area contributed by atoms with Crippen LogP contribution in [0.5, 0.6) is 5.75 Å². The summed E-state index contributed by atoms with van der Waals surface area (Å²) < 4.78 is 56.3. The summed E-state index contributed by atoms with van der Waals surface area (Å²) in [5.74, 6) is -0.136. The molecular weight excluding hydrogens is 499 g/mol. The Balaban J connectivity index is 1.84. The van der Waals surface area contributed by atoms with Crippen LogP contribution in [0.3, 0.4) is 0 Å². The van der Waals surface area contributed by atoms with Gasteiger partial charge in [-0.15, -0.1) is 0 Å². The monoisotopic (exact) mass is 519 g/mol. The Morgan fingerprint density at radius 3 is 2.50 bits per heavy atom. The number of alkyl halides is 3. The summed E-state index contributed by atoms with van der Waals surface area (Å²) in [7, 11) is 2.22. The fraction of sp³-hybridized carbons (Fsp3) is 0.250. The van der Waals surface area contributed by atoms with E-state index in [4.69, 9.17) is 4.74 Å². The highest BCUT2D eigenvalue weighted by Gasteiger charge is 2.35. The van der Waals surface area contributed by atoms with Crippen molar-refractivity contribution in [1.29, 1.82) is 0 Å². The minimum atomic E-state index is -4.85. The smallest absolute Gasteiger partial charge is 0.431 e. The molecule has 0 amide bonds. The predicted octanol–water partition coefficient (Wildman–Crippen LogP) is 4.08. The van der Waals surface area contributed by atoms with Crippen LogP contribution in [0.25, 0.3) is 27.0 Å². The van der Waals surface area contributed by atoms with Gasteiger partial charge < -0.3 is 9.47 Å². The third kappa shape index (κ3) is 4.51. The average Bonchev–Trinajstić information content (AvgIpc) is 3.24. The Kier molecular flexibility index (Phi) is 6.48. The van der Waals surface area contributed by atoms with E-state index in [2.05, 4.69) is 9.11 Å². The summed E-state index contributed by atoms with van der Waals surface area (Å²) in [6, 6.07) is 10.2. The molecule has 36 heavy (non-hydrogen) atoms. The minimum absolute atomic E-state index is 0.104. The first kappa shape index (κ1) is 25.2. The fourth-order valence-electron chi connectivity index (χ4n) is 3.74. The molecule has 4 aromatic rings. The fourth-order valence-corrected chi connectivity index (χ4v) is 4.51. The number of nitrogens with zero attached hydrogens (tertiary/aromatic N) is 3. The Labute approximate surface area is 206 Å². The molecule has 0 radical (unpaired) electrons. The van der Waals surface area contributed by atoms with E-state index in [1.807, 2.05) is 6.92 Å². The number of aryl methyl sites for hydroxylation is 1. The molecule has 0 fully saturated rings. The van der Waals surface area contributed by atoms with Crippen molar-refractivity contribution in [2.45, 2.75) is 26.1 Å². The maximum absolute atomic E-state index is 13.2. The molecule has 2 heterocycles. The molecule has 0 saturated heterocycles. The zero-order valence-electron chi connectivity index (χ0n) is 19.5. The summed E-state index contributed by atoms with van der Waals surface area (Å²) in [6.07, 6.45) is -5.69. The van der Waals surface area contributed by atoms with E-state index in [-0.39, 0.29) is 5.69 Å². The second-order valence-corrected chi connectivity index (χ2v) is 8.82. The Hall–Kier alpha value is -3.93. The molecule has 4 rings (SSSR count). The van der Waals surface area contributed by atoms with Gasteiger partial charge in [-0.1, -0.05) is 6.07 Å². The lowest BCUT2D eigenvalue weighted by atomic mass is 10.0. The van der Waals surface area contributed by atoms with E-state index in [0.29, 0.717) is 37.6 Å². The highest BCUT2D eigenvalue weighted by atomic mass is 32.1. The number of hydrogen-bond acceptors (Lipinski definition) is 7. The Morgan fingerprint density at radius 2 is 1.83 bits per heavy atom. The van der Waals surface area contributed by atoms with Crippen molar-refractivity contribution in [2.24, 2.45) is 7.05 Å². The van der Waals surface area contributed by atoms with Crippen molar-refractivity contribution in [2.75, 3.05) is 7.11 Å². The molecule has 0 spiro atoms. The molecule has 1 unspecified atom stereocenters. The number of carbonyl (C=O) groups excluding carboxylic acids is 1. The van der Waals surface area contributed by atoms with Gasteiger partial charge in [0, 0.05) is 24.1 Å². The van der Waals surface area contributed by atoms with Crippen molar-refractivity contribution in [3.63, 3.8) is 0 Å². The second-order valence-electron chi connectivity index (χ2n) is 8.01. The maximum atomic E-state index is 13.2. The third-order valence-electron chi connectivity index (χ3n) is 5.63. The highest BCUT2D eigenvalue weighted by molar-refractivity contribution is 7.13. The molecule has 0 aliphatic carbocycles. The minimum Gasteiger partial charge on any atom is -0.479 e. The SMILES string of the molecule is COC(=O)C(C)Oc1ccc(C)c(-c2nsc3ccc(-n4c(=O)cc(C(F)(F)F)n(C)c4=O)cc23)c1. The largest absolute Gasteiger partial charge is 0.479 e. The van der Waals surface area contributed by atoms with Crippen LogP contribution in [0.2, 0.25) is 0 Å². The van der Waals surface area contributed by atoms with Crippen LogP contribution < -0.4 is 16.0 Å². The van der Waals surface area contributed by atoms with Crippen LogP contribution in [0.1, 0.15) is 18.2 Å². The molecule has 0 saturated carbocycles. The number of methoxy groups -OCH3 is 1. The number of fused-ring (bicyclic) bond motifs is 1. The highest BCUT2D eigenvalue weighted by Crippen LogP contribution is 2.36. The first-order chi connectivity index (χ1) is 16.9. The lowest BCUT2D eigenvalue weighted by molar-refractivity contribution is -0.148. The number of hydrogen-bond donors (Lipinski definition) is 0. The molecule has 0 bridgehead atoms. The van der Waals surface area contributed by atoms with Crippen molar-refractivity contribution >= 4 is 27.6 Å². The summed E-state index contributed by atoms with van der Waals surface area (Å²) in [5, 5.41) is 0.590. The van der Waals surface area contributed by atoms with E-state index in [1.54, 1.807) is 31.2 Å². The lowest BCUT2D eigenvalue weighted by Gasteiger charge is -2.15. The molecule has 2 aromatic heterocycles. The zero-order valence-corrected chi connectivity index (χ0v) is 20.4.